The number of anilines is 1. The van der Waals surface area contributed by atoms with Crippen LogP contribution in [0.5, 0.6) is 0 Å². The summed E-state index contributed by atoms with van der Waals surface area (Å²) in [5, 5.41) is 3.49. The zero-order valence-electron chi connectivity index (χ0n) is 12.9. The monoisotopic (exact) mass is 310 g/mol. The van der Waals surface area contributed by atoms with E-state index in [1.165, 1.54) is 45.6 Å². The number of hydrogen-bond acceptors (Lipinski definition) is 3. The number of sulfonamides is 1. The molecule has 0 aromatic heterocycles. The minimum absolute atomic E-state index is 0.315. The molecule has 2 rings (SSSR count). The van der Waals surface area contributed by atoms with Gasteiger partial charge in [-0.2, -0.15) is 0 Å². The average Bonchev–Trinajstić information content (AvgIpc) is 2.50. The van der Waals surface area contributed by atoms with Crippen LogP contribution in [0.4, 0.5) is 5.69 Å². The number of rotatable bonds is 6. The van der Waals surface area contributed by atoms with E-state index >= 15 is 0 Å². The fraction of sp³-hybridized carbons (Fsp3) is 0.625. The van der Waals surface area contributed by atoms with Crippen molar-refractivity contribution in [1.29, 1.82) is 0 Å². The van der Waals surface area contributed by atoms with Gasteiger partial charge in [0.2, 0.25) is 10.0 Å². The summed E-state index contributed by atoms with van der Waals surface area (Å²) in [5.74, 6) is 0.879. The van der Waals surface area contributed by atoms with E-state index in [9.17, 15) is 8.42 Å². The Kier molecular flexibility index (Phi) is 5.65. The summed E-state index contributed by atoms with van der Waals surface area (Å²) in [6.45, 7) is 2.25. The maximum Gasteiger partial charge on any atom is 0.240 e. The molecule has 118 valence electrons. The van der Waals surface area contributed by atoms with Crippen molar-refractivity contribution in [2.45, 2.75) is 56.4 Å². The maximum absolute atomic E-state index is 11.8. The van der Waals surface area contributed by atoms with Crippen LogP contribution >= 0.6 is 0 Å². The average molecular weight is 310 g/mol. The molecule has 1 aromatic carbocycles. The summed E-state index contributed by atoms with van der Waals surface area (Å²) < 4.78 is 26.0. The van der Waals surface area contributed by atoms with Gasteiger partial charge in [-0.05, 0) is 56.8 Å². The minimum atomic E-state index is -3.37. The van der Waals surface area contributed by atoms with Gasteiger partial charge in [0.25, 0.3) is 0 Å². The molecule has 0 spiro atoms. The van der Waals surface area contributed by atoms with Crippen LogP contribution in [0.25, 0.3) is 0 Å². The zero-order valence-corrected chi connectivity index (χ0v) is 13.7. The number of benzene rings is 1. The fourth-order valence-electron chi connectivity index (χ4n) is 3.11. The molecule has 21 heavy (non-hydrogen) atoms. The van der Waals surface area contributed by atoms with Crippen molar-refractivity contribution in [3.8, 4) is 0 Å². The molecule has 4 nitrogen and oxygen atoms in total. The Morgan fingerprint density at radius 3 is 2.52 bits per heavy atom. The van der Waals surface area contributed by atoms with Crippen molar-refractivity contribution < 1.29 is 8.42 Å². The zero-order chi connectivity index (χ0) is 15.3. The van der Waals surface area contributed by atoms with Crippen LogP contribution in [0.1, 0.15) is 45.4 Å². The van der Waals surface area contributed by atoms with Gasteiger partial charge < -0.3 is 5.32 Å². The van der Waals surface area contributed by atoms with E-state index in [0.717, 1.165) is 11.6 Å². The Bertz CT molecular complexity index is 549. The third-order valence-corrected chi connectivity index (χ3v) is 5.74. The standard InChI is InChI=1S/C16H26N2O2S/c1-3-5-13-8-10-14(11-9-13)18-15-6-4-7-16(12-15)21(19,20)17-2/h4,6-7,12-14,17-18H,3,5,8-11H2,1-2H3. The minimum Gasteiger partial charge on any atom is -0.382 e. The van der Waals surface area contributed by atoms with Crippen molar-refractivity contribution in [3.63, 3.8) is 0 Å². The predicted molar refractivity (Wildman–Crippen MR) is 87.0 cm³/mol. The van der Waals surface area contributed by atoms with E-state index in [1.54, 1.807) is 18.2 Å². The van der Waals surface area contributed by atoms with Crippen LogP contribution in [0.3, 0.4) is 0 Å². The molecule has 0 heterocycles. The van der Waals surface area contributed by atoms with Gasteiger partial charge in [-0.1, -0.05) is 25.8 Å². The molecule has 0 bridgehead atoms. The van der Waals surface area contributed by atoms with Gasteiger partial charge in [-0.15, -0.1) is 0 Å². The largest absolute Gasteiger partial charge is 0.382 e. The van der Waals surface area contributed by atoms with Crippen molar-refractivity contribution in [3.05, 3.63) is 24.3 Å². The molecule has 1 aliphatic rings. The number of nitrogens with one attached hydrogen (secondary N) is 2. The topological polar surface area (TPSA) is 58.2 Å². The molecule has 0 radical (unpaired) electrons. The summed E-state index contributed by atoms with van der Waals surface area (Å²) in [4.78, 5) is 0.315. The van der Waals surface area contributed by atoms with Crippen LogP contribution in [0, 0.1) is 5.92 Å². The van der Waals surface area contributed by atoms with E-state index in [1.807, 2.05) is 6.07 Å². The van der Waals surface area contributed by atoms with Crippen LogP contribution in [-0.2, 0) is 10.0 Å². The van der Waals surface area contributed by atoms with Crippen molar-refractivity contribution in [2.24, 2.45) is 5.92 Å². The van der Waals surface area contributed by atoms with E-state index < -0.39 is 10.0 Å². The molecule has 1 aliphatic carbocycles. The van der Waals surface area contributed by atoms with Crippen molar-refractivity contribution >= 4 is 15.7 Å². The first kappa shape index (κ1) is 16.3. The van der Waals surface area contributed by atoms with E-state index in [2.05, 4.69) is 17.0 Å². The normalized spacial score (nSPS) is 23.0. The molecule has 0 unspecified atom stereocenters. The van der Waals surface area contributed by atoms with E-state index in [4.69, 9.17) is 0 Å². The van der Waals surface area contributed by atoms with E-state index in [-0.39, 0.29) is 0 Å². The van der Waals surface area contributed by atoms with Crippen LogP contribution in [0.15, 0.2) is 29.2 Å². The third kappa shape index (κ3) is 4.45. The summed E-state index contributed by atoms with van der Waals surface area (Å²) in [5.41, 5.74) is 0.894. The molecule has 0 atom stereocenters. The van der Waals surface area contributed by atoms with Crippen LogP contribution in [0.2, 0.25) is 0 Å². The first-order valence-electron chi connectivity index (χ1n) is 7.85. The second-order valence-electron chi connectivity index (χ2n) is 5.89. The second-order valence-corrected chi connectivity index (χ2v) is 7.77. The lowest BCUT2D eigenvalue weighted by molar-refractivity contribution is 0.319. The highest BCUT2D eigenvalue weighted by Crippen LogP contribution is 2.29. The lowest BCUT2D eigenvalue weighted by Gasteiger charge is -2.29. The third-order valence-electron chi connectivity index (χ3n) is 4.33. The van der Waals surface area contributed by atoms with Crippen LogP contribution in [-0.4, -0.2) is 21.5 Å². The molecule has 5 heteroatoms. The first-order valence-corrected chi connectivity index (χ1v) is 9.33. The molecular weight excluding hydrogens is 284 g/mol. The van der Waals surface area contributed by atoms with Gasteiger partial charge in [0.15, 0.2) is 0 Å². The van der Waals surface area contributed by atoms with Gasteiger partial charge in [0, 0.05) is 11.7 Å². The Morgan fingerprint density at radius 2 is 1.90 bits per heavy atom. The van der Waals surface area contributed by atoms with Crippen molar-refractivity contribution in [2.75, 3.05) is 12.4 Å². The molecular formula is C16H26N2O2S. The summed E-state index contributed by atoms with van der Waals surface area (Å²) in [6, 6.07) is 7.52. The van der Waals surface area contributed by atoms with Gasteiger partial charge in [0.1, 0.15) is 0 Å². The smallest absolute Gasteiger partial charge is 0.240 e. The molecule has 1 saturated carbocycles. The van der Waals surface area contributed by atoms with E-state index in [0.29, 0.717) is 10.9 Å². The summed E-state index contributed by atoms with van der Waals surface area (Å²) >= 11 is 0. The predicted octanol–water partition coefficient (Wildman–Crippen LogP) is 3.37. The lowest BCUT2D eigenvalue weighted by atomic mass is 9.83. The van der Waals surface area contributed by atoms with Gasteiger partial charge in [0.05, 0.1) is 4.90 Å². The second kappa shape index (κ2) is 7.27. The van der Waals surface area contributed by atoms with Crippen molar-refractivity contribution in [1.82, 2.24) is 4.72 Å². The number of hydrogen-bond donors (Lipinski definition) is 2. The molecule has 0 aliphatic heterocycles. The Hall–Kier alpha value is -1.07. The first-order chi connectivity index (χ1) is 10.0. The highest BCUT2D eigenvalue weighted by Gasteiger charge is 2.20. The van der Waals surface area contributed by atoms with Gasteiger partial charge in [-0.3, -0.25) is 0 Å². The fourth-order valence-corrected chi connectivity index (χ4v) is 3.89. The Labute approximate surface area is 128 Å². The highest BCUT2D eigenvalue weighted by molar-refractivity contribution is 7.89. The molecule has 0 saturated heterocycles. The summed E-state index contributed by atoms with van der Waals surface area (Å²) in [6.07, 6.45) is 7.51. The molecule has 2 N–H and O–H groups in total. The van der Waals surface area contributed by atoms with Gasteiger partial charge in [-0.25, -0.2) is 13.1 Å². The van der Waals surface area contributed by atoms with Gasteiger partial charge >= 0.3 is 0 Å². The highest BCUT2D eigenvalue weighted by atomic mass is 32.2. The Morgan fingerprint density at radius 1 is 1.19 bits per heavy atom. The van der Waals surface area contributed by atoms with Crippen LogP contribution < -0.4 is 10.0 Å². The molecule has 0 amide bonds. The quantitative estimate of drug-likeness (QED) is 0.847. The summed E-state index contributed by atoms with van der Waals surface area (Å²) in [7, 11) is -1.93. The lowest BCUT2D eigenvalue weighted by Crippen LogP contribution is -2.26. The SMILES string of the molecule is CCCC1CCC(Nc2cccc(S(=O)(=O)NC)c2)CC1. The molecule has 1 fully saturated rings. The molecule has 1 aromatic rings. The Balaban J connectivity index is 1.97. The maximum atomic E-state index is 11.8.